The topological polar surface area (TPSA) is 69.7 Å². The second-order valence-electron chi connectivity index (χ2n) is 8.86. The SMILES string of the molecule is COC(=O)C1(C)CC(C)(CC(C)(C)C)C(=O)C(C)(C(=O)OC)C1. The Morgan fingerprint density at radius 2 is 1.48 bits per heavy atom. The summed E-state index contributed by atoms with van der Waals surface area (Å²) in [6.45, 7) is 11.3. The Hall–Kier alpha value is -1.39. The van der Waals surface area contributed by atoms with Gasteiger partial charge in [-0.25, -0.2) is 0 Å². The number of carbonyl (C=O) groups is 3. The minimum absolute atomic E-state index is 0.109. The average molecular weight is 326 g/mol. The molecule has 1 saturated carbocycles. The summed E-state index contributed by atoms with van der Waals surface area (Å²) in [5, 5.41) is 0. The molecule has 0 amide bonds. The minimum atomic E-state index is -1.34. The van der Waals surface area contributed by atoms with Gasteiger partial charge >= 0.3 is 11.9 Å². The van der Waals surface area contributed by atoms with Crippen LogP contribution in [0.4, 0.5) is 0 Å². The molecular weight excluding hydrogens is 296 g/mol. The Bertz CT molecular complexity index is 518. The van der Waals surface area contributed by atoms with E-state index in [4.69, 9.17) is 9.47 Å². The van der Waals surface area contributed by atoms with Crippen LogP contribution in [-0.4, -0.2) is 31.9 Å². The quantitative estimate of drug-likeness (QED) is 0.588. The first-order chi connectivity index (χ1) is 10.2. The molecule has 0 bridgehead atoms. The summed E-state index contributed by atoms with van der Waals surface area (Å²) in [5.74, 6) is -1.12. The van der Waals surface area contributed by atoms with E-state index >= 15 is 0 Å². The van der Waals surface area contributed by atoms with Crippen molar-refractivity contribution in [1.82, 2.24) is 0 Å². The van der Waals surface area contributed by atoms with Gasteiger partial charge in [0.25, 0.3) is 0 Å². The Labute approximate surface area is 139 Å². The lowest BCUT2D eigenvalue weighted by atomic mass is 9.51. The molecule has 5 nitrogen and oxygen atoms in total. The predicted molar refractivity (Wildman–Crippen MR) is 86.7 cm³/mol. The summed E-state index contributed by atoms with van der Waals surface area (Å²) < 4.78 is 9.84. The summed E-state index contributed by atoms with van der Waals surface area (Å²) in [4.78, 5) is 37.9. The predicted octanol–water partition coefficient (Wildman–Crippen LogP) is 3.15. The van der Waals surface area contributed by atoms with Crippen molar-refractivity contribution in [3.8, 4) is 0 Å². The van der Waals surface area contributed by atoms with Gasteiger partial charge in [-0.3, -0.25) is 14.4 Å². The normalized spacial score (nSPS) is 34.9. The van der Waals surface area contributed by atoms with Crippen LogP contribution < -0.4 is 0 Å². The molecule has 3 unspecified atom stereocenters. The second kappa shape index (κ2) is 5.91. The lowest BCUT2D eigenvalue weighted by Gasteiger charge is -2.50. The van der Waals surface area contributed by atoms with Gasteiger partial charge in [0, 0.05) is 5.41 Å². The van der Waals surface area contributed by atoms with Crippen molar-refractivity contribution in [2.75, 3.05) is 14.2 Å². The van der Waals surface area contributed by atoms with E-state index < -0.39 is 22.2 Å². The number of ketones is 1. The van der Waals surface area contributed by atoms with Gasteiger partial charge in [0.2, 0.25) is 0 Å². The van der Waals surface area contributed by atoms with Crippen molar-refractivity contribution in [3.63, 3.8) is 0 Å². The third-order valence-corrected chi connectivity index (χ3v) is 4.81. The second-order valence-corrected chi connectivity index (χ2v) is 8.86. The van der Waals surface area contributed by atoms with Crippen molar-refractivity contribution >= 4 is 17.7 Å². The number of esters is 2. The van der Waals surface area contributed by atoms with Crippen LogP contribution in [0.15, 0.2) is 0 Å². The van der Waals surface area contributed by atoms with E-state index in [0.29, 0.717) is 12.8 Å². The molecule has 3 atom stereocenters. The van der Waals surface area contributed by atoms with E-state index in [2.05, 4.69) is 0 Å². The Morgan fingerprint density at radius 3 is 1.87 bits per heavy atom. The summed E-state index contributed by atoms with van der Waals surface area (Å²) in [5.41, 5.74) is -3.14. The molecule has 0 aliphatic heterocycles. The van der Waals surface area contributed by atoms with Crippen LogP contribution in [-0.2, 0) is 23.9 Å². The number of Topliss-reactive ketones (excluding diaryl/α,β-unsaturated/α-hetero) is 1. The van der Waals surface area contributed by atoms with Crippen LogP contribution in [0.3, 0.4) is 0 Å². The zero-order valence-electron chi connectivity index (χ0n) is 15.7. The Balaban J connectivity index is 3.45. The van der Waals surface area contributed by atoms with Gasteiger partial charge < -0.3 is 9.47 Å². The van der Waals surface area contributed by atoms with Gasteiger partial charge in [-0.2, -0.15) is 0 Å². The van der Waals surface area contributed by atoms with Gasteiger partial charge in [-0.05, 0) is 38.5 Å². The van der Waals surface area contributed by atoms with E-state index in [1.807, 2.05) is 27.7 Å². The summed E-state index contributed by atoms with van der Waals surface area (Å²) in [7, 11) is 2.60. The zero-order chi connectivity index (χ0) is 18.3. The van der Waals surface area contributed by atoms with E-state index in [1.54, 1.807) is 13.8 Å². The Morgan fingerprint density at radius 1 is 1.00 bits per heavy atom. The van der Waals surface area contributed by atoms with E-state index in [-0.39, 0.29) is 23.6 Å². The lowest BCUT2D eigenvalue weighted by molar-refractivity contribution is -0.177. The highest BCUT2D eigenvalue weighted by atomic mass is 16.5. The van der Waals surface area contributed by atoms with Gasteiger partial charge in [-0.15, -0.1) is 0 Å². The third-order valence-electron chi connectivity index (χ3n) is 4.81. The molecule has 5 heteroatoms. The number of methoxy groups -OCH3 is 2. The van der Waals surface area contributed by atoms with Crippen LogP contribution in [0.5, 0.6) is 0 Å². The maximum absolute atomic E-state index is 13.2. The lowest BCUT2D eigenvalue weighted by Crippen LogP contribution is -2.57. The fourth-order valence-electron chi connectivity index (χ4n) is 4.62. The van der Waals surface area contributed by atoms with E-state index in [1.165, 1.54) is 14.2 Å². The van der Waals surface area contributed by atoms with Crippen LogP contribution in [0, 0.1) is 21.7 Å². The smallest absolute Gasteiger partial charge is 0.319 e. The fraction of sp³-hybridized carbons (Fsp3) is 0.833. The highest BCUT2D eigenvalue weighted by Gasteiger charge is 2.62. The average Bonchev–Trinajstić information content (AvgIpc) is 2.40. The number of hydrogen-bond donors (Lipinski definition) is 0. The van der Waals surface area contributed by atoms with Crippen LogP contribution in [0.25, 0.3) is 0 Å². The van der Waals surface area contributed by atoms with E-state index in [0.717, 1.165) is 0 Å². The maximum atomic E-state index is 13.2. The molecule has 0 saturated heterocycles. The van der Waals surface area contributed by atoms with Crippen molar-refractivity contribution in [2.24, 2.45) is 21.7 Å². The molecule has 132 valence electrons. The highest BCUT2D eigenvalue weighted by molar-refractivity contribution is 6.07. The monoisotopic (exact) mass is 326 g/mol. The molecule has 0 radical (unpaired) electrons. The first-order valence-corrected chi connectivity index (χ1v) is 7.96. The summed E-state index contributed by atoms with van der Waals surface area (Å²) >= 11 is 0. The molecule has 23 heavy (non-hydrogen) atoms. The molecule has 1 aliphatic rings. The molecule has 1 fully saturated rings. The number of rotatable bonds is 3. The first kappa shape index (κ1) is 19.7. The molecule has 0 N–H and O–H groups in total. The molecule has 1 aliphatic carbocycles. The fourth-order valence-corrected chi connectivity index (χ4v) is 4.62. The molecule has 1 rings (SSSR count). The maximum Gasteiger partial charge on any atom is 0.319 e. The minimum Gasteiger partial charge on any atom is -0.469 e. The third kappa shape index (κ3) is 3.59. The van der Waals surface area contributed by atoms with Gasteiger partial charge in [0.1, 0.15) is 5.41 Å². The van der Waals surface area contributed by atoms with Gasteiger partial charge in [-0.1, -0.05) is 27.7 Å². The van der Waals surface area contributed by atoms with E-state index in [9.17, 15) is 14.4 Å². The zero-order valence-corrected chi connectivity index (χ0v) is 15.7. The van der Waals surface area contributed by atoms with Crippen molar-refractivity contribution in [1.29, 1.82) is 0 Å². The van der Waals surface area contributed by atoms with Crippen molar-refractivity contribution in [2.45, 2.75) is 60.8 Å². The highest BCUT2D eigenvalue weighted by Crippen LogP contribution is 2.56. The van der Waals surface area contributed by atoms with Crippen molar-refractivity contribution in [3.05, 3.63) is 0 Å². The molecular formula is C18H30O5. The number of hydrogen-bond acceptors (Lipinski definition) is 5. The largest absolute Gasteiger partial charge is 0.469 e. The van der Waals surface area contributed by atoms with Gasteiger partial charge in [0.15, 0.2) is 5.78 Å². The standard InChI is InChI=1S/C18H30O5/c1-15(2,3)9-16(4)10-17(5,13(20)22-7)11-18(6,12(16)19)14(21)23-8/h9-11H2,1-8H3. The van der Waals surface area contributed by atoms with Crippen molar-refractivity contribution < 1.29 is 23.9 Å². The van der Waals surface area contributed by atoms with Crippen LogP contribution in [0.2, 0.25) is 0 Å². The summed E-state index contributed by atoms with van der Waals surface area (Å²) in [6.07, 6.45) is 1.06. The number of carbonyl (C=O) groups excluding carboxylic acids is 3. The van der Waals surface area contributed by atoms with Crippen LogP contribution in [0.1, 0.15) is 60.8 Å². The van der Waals surface area contributed by atoms with Gasteiger partial charge in [0.05, 0.1) is 19.6 Å². The first-order valence-electron chi connectivity index (χ1n) is 7.96. The number of ether oxygens (including phenoxy) is 2. The molecule has 0 heterocycles. The molecule has 0 aromatic rings. The Kier molecular flexibility index (Phi) is 5.05. The van der Waals surface area contributed by atoms with Crippen LogP contribution >= 0.6 is 0 Å². The molecule has 0 aromatic heterocycles. The summed E-state index contributed by atoms with van der Waals surface area (Å²) in [6, 6.07) is 0. The molecule has 0 spiro atoms. The molecule has 0 aromatic carbocycles.